The fraction of sp³-hybridized carbons (Fsp3) is 0.148. The summed E-state index contributed by atoms with van der Waals surface area (Å²) in [7, 11) is 0. The lowest BCUT2D eigenvalue weighted by Gasteiger charge is -2.35. The third-order valence-corrected chi connectivity index (χ3v) is 6.07. The van der Waals surface area contributed by atoms with Gasteiger partial charge in [-0.05, 0) is 60.0 Å². The molecule has 1 aliphatic rings. The van der Waals surface area contributed by atoms with Crippen LogP contribution in [-0.4, -0.2) is 29.1 Å². The molecule has 1 unspecified atom stereocenters. The Morgan fingerprint density at radius 2 is 1.88 bits per heavy atom. The summed E-state index contributed by atoms with van der Waals surface area (Å²) in [5.41, 5.74) is 4.11. The largest absolute Gasteiger partial charge is 0.490 e. The van der Waals surface area contributed by atoms with Crippen molar-refractivity contribution in [3.63, 3.8) is 0 Å². The first-order valence-corrected chi connectivity index (χ1v) is 11.2. The molecule has 0 spiro atoms. The second-order valence-corrected chi connectivity index (χ2v) is 8.34. The van der Waals surface area contributed by atoms with E-state index in [2.05, 4.69) is 11.6 Å². The van der Waals surface area contributed by atoms with E-state index in [1.807, 2.05) is 60.7 Å². The zero-order chi connectivity index (χ0) is 22.8. The van der Waals surface area contributed by atoms with Gasteiger partial charge >= 0.3 is 6.09 Å². The fourth-order valence-corrected chi connectivity index (χ4v) is 4.53. The smallest absolute Gasteiger partial charge is 0.416 e. The van der Waals surface area contributed by atoms with E-state index in [-0.39, 0.29) is 12.1 Å². The van der Waals surface area contributed by atoms with Crippen molar-refractivity contribution < 1.29 is 14.3 Å². The van der Waals surface area contributed by atoms with Gasteiger partial charge in [0.2, 0.25) is 0 Å². The minimum Gasteiger partial charge on any atom is -0.490 e. The number of amides is 1. The molecule has 0 aliphatic carbocycles. The summed E-state index contributed by atoms with van der Waals surface area (Å²) in [6, 6.07) is 22.4. The molecule has 1 N–H and O–H groups in total. The van der Waals surface area contributed by atoms with Gasteiger partial charge in [0.25, 0.3) is 0 Å². The standard InChI is InChI=1S/C27H23ClN2O3/c1-2-16-32-20-11-8-18(9-12-20)26-25-22(23-17-19(28)10-13-24(23)29-25)14-15-30(26)27(31)33-21-6-4-3-5-7-21/h2-13,17,26,29H,1,14-16H2. The van der Waals surface area contributed by atoms with E-state index >= 15 is 0 Å². The zero-order valence-electron chi connectivity index (χ0n) is 18.0. The number of halogens is 1. The molecule has 1 amide bonds. The van der Waals surface area contributed by atoms with Crippen LogP contribution in [0.5, 0.6) is 11.5 Å². The van der Waals surface area contributed by atoms with Gasteiger partial charge in [-0.2, -0.15) is 0 Å². The Hall–Kier alpha value is -3.70. The normalized spacial score (nSPS) is 15.2. The number of aromatic amines is 1. The summed E-state index contributed by atoms with van der Waals surface area (Å²) in [4.78, 5) is 18.6. The predicted molar refractivity (Wildman–Crippen MR) is 130 cm³/mol. The number of nitrogens with one attached hydrogen (secondary N) is 1. The topological polar surface area (TPSA) is 54.6 Å². The molecule has 3 aromatic carbocycles. The lowest BCUT2D eigenvalue weighted by atomic mass is 9.92. The van der Waals surface area contributed by atoms with Gasteiger partial charge in [-0.25, -0.2) is 4.79 Å². The van der Waals surface area contributed by atoms with Crippen LogP contribution < -0.4 is 9.47 Å². The van der Waals surface area contributed by atoms with Crippen LogP contribution in [0.2, 0.25) is 5.02 Å². The van der Waals surface area contributed by atoms with Gasteiger partial charge in [-0.15, -0.1) is 0 Å². The van der Waals surface area contributed by atoms with E-state index < -0.39 is 0 Å². The van der Waals surface area contributed by atoms with E-state index in [9.17, 15) is 4.79 Å². The molecular formula is C27H23ClN2O3. The molecule has 1 aliphatic heterocycles. The number of benzene rings is 3. The highest BCUT2D eigenvalue weighted by atomic mass is 35.5. The molecule has 0 fully saturated rings. The average molecular weight is 459 g/mol. The van der Waals surface area contributed by atoms with Crippen molar-refractivity contribution >= 4 is 28.6 Å². The minimum absolute atomic E-state index is 0.329. The van der Waals surface area contributed by atoms with Crippen LogP contribution >= 0.6 is 11.6 Å². The summed E-state index contributed by atoms with van der Waals surface area (Å²) in [6.45, 7) is 4.65. The number of nitrogens with zero attached hydrogens (tertiary/aromatic N) is 1. The molecule has 4 aromatic rings. The Morgan fingerprint density at radius 3 is 2.64 bits per heavy atom. The third kappa shape index (κ3) is 4.20. The summed E-state index contributed by atoms with van der Waals surface area (Å²) in [6.07, 6.45) is 2.02. The Labute approximate surface area is 197 Å². The van der Waals surface area contributed by atoms with Gasteiger partial charge in [-0.1, -0.05) is 54.6 Å². The predicted octanol–water partition coefficient (Wildman–Crippen LogP) is 6.53. The number of fused-ring (bicyclic) bond motifs is 3. The lowest BCUT2D eigenvalue weighted by molar-refractivity contribution is 0.135. The molecule has 2 heterocycles. The van der Waals surface area contributed by atoms with Crippen LogP contribution in [0.3, 0.4) is 0 Å². The number of carbonyl (C=O) groups is 1. The minimum atomic E-state index is -0.388. The maximum absolute atomic E-state index is 13.3. The monoisotopic (exact) mass is 458 g/mol. The summed E-state index contributed by atoms with van der Waals surface area (Å²) >= 11 is 6.28. The molecule has 0 bridgehead atoms. The summed E-state index contributed by atoms with van der Waals surface area (Å²) in [5, 5.41) is 1.78. The van der Waals surface area contributed by atoms with Crippen LogP contribution in [-0.2, 0) is 6.42 Å². The van der Waals surface area contributed by atoms with Crippen LogP contribution in [0.25, 0.3) is 10.9 Å². The first-order chi connectivity index (χ1) is 16.1. The Bertz CT molecular complexity index is 1300. The van der Waals surface area contributed by atoms with Crippen LogP contribution in [0.4, 0.5) is 4.79 Å². The number of carbonyl (C=O) groups excluding carboxylic acids is 1. The average Bonchev–Trinajstić information content (AvgIpc) is 3.21. The number of rotatable bonds is 5. The van der Waals surface area contributed by atoms with E-state index in [1.54, 1.807) is 23.1 Å². The molecule has 166 valence electrons. The van der Waals surface area contributed by atoms with Crippen molar-refractivity contribution in [2.75, 3.05) is 13.2 Å². The number of ether oxygens (including phenoxy) is 2. The van der Waals surface area contributed by atoms with Gasteiger partial charge in [-0.3, -0.25) is 4.90 Å². The highest BCUT2D eigenvalue weighted by molar-refractivity contribution is 6.31. The molecule has 0 saturated heterocycles. The maximum atomic E-state index is 13.3. The second kappa shape index (κ2) is 9.04. The quantitative estimate of drug-likeness (QED) is 0.346. The number of para-hydroxylation sites is 1. The third-order valence-electron chi connectivity index (χ3n) is 5.84. The zero-order valence-corrected chi connectivity index (χ0v) is 18.7. The number of hydrogen-bond donors (Lipinski definition) is 1. The molecular weight excluding hydrogens is 436 g/mol. The number of aromatic nitrogens is 1. The Morgan fingerprint density at radius 1 is 1.09 bits per heavy atom. The van der Waals surface area contributed by atoms with Crippen molar-refractivity contribution in [3.8, 4) is 11.5 Å². The first kappa shape index (κ1) is 21.2. The molecule has 0 saturated carbocycles. The highest BCUT2D eigenvalue weighted by Crippen LogP contribution is 2.39. The van der Waals surface area contributed by atoms with Gasteiger partial charge < -0.3 is 14.5 Å². The Balaban J connectivity index is 1.55. The lowest BCUT2D eigenvalue weighted by Crippen LogP contribution is -2.42. The Kier molecular flexibility index (Phi) is 5.80. The van der Waals surface area contributed by atoms with Crippen LogP contribution in [0, 0.1) is 0 Å². The van der Waals surface area contributed by atoms with Gasteiger partial charge in [0.1, 0.15) is 24.1 Å². The molecule has 1 aromatic heterocycles. The number of H-pyrrole nitrogens is 1. The number of hydrogen-bond acceptors (Lipinski definition) is 3. The van der Waals surface area contributed by atoms with Gasteiger partial charge in [0, 0.05) is 28.2 Å². The van der Waals surface area contributed by atoms with Crippen molar-refractivity contribution in [3.05, 3.63) is 107 Å². The summed E-state index contributed by atoms with van der Waals surface area (Å²) < 4.78 is 11.3. The van der Waals surface area contributed by atoms with Crippen molar-refractivity contribution in [1.29, 1.82) is 0 Å². The van der Waals surface area contributed by atoms with Gasteiger partial charge in [0.05, 0.1) is 0 Å². The van der Waals surface area contributed by atoms with Crippen LogP contribution in [0.1, 0.15) is 22.9 Å². The second-order valence-electron chi connectivity index (χ2n) is 7.90. The molecule has 0 radical (unpaired) electrons. The molecule has 5 rings (SSSR count). The maximum Gasteiger partial charge on any atom is 0.416 e. The van der Waals surface area contributed by atoms with Crippen molar-refractivity contribution in [1.82, 2.24) is 9.88 Å². The fourth-order valence-electron chi connectivity index (χ4n) is 4.35. The van der Waals surface area contributed by atoms with E-state index in [0.29, 0.717) is 30.3 Å². The molecule has 1 atom stereocenters. The molecule has 33 heavy (non-hydrogen) atoms. The van der Waals surface area contributed by atoms with Crippen molar-refractivity contribution in [2.45, 2.75) is 12.5 Å². The summed E-state index contributed by atoms with van der Waals surface area (Å²) in [5.74, 6) is 1.26. The van der Waals surface area contributed by atoms with E-state index in [4.69, 9.17) is 21.1 Å². The van der Waals surface area contributed by atoms with E-state index in [0.717, 1.165) is 27.9 Å². The first-order valence-electron chi connectivity index (χ1n) is 10.8. The highest BCUT2D eigenvalue weighted by Gasteiger charge is 2.35. The van der Waals surface area contributed by atoms with Gasteiger partial charge in [0.15, 0.2) is 0 Å². The molecule has 5 nitrogen and oxygen atoms in total. The van der Waals surface area contributed by atoms with Crippen molar-refractivity contribution in [2.24, 2.45) is 0 Å². The SMILES string of the molecule is C=CCOc1ccc(C2c3[nH]c4ccc(Cl)cc4c3CCN2C(=O)Oc2ccccc2)cc1. The molecule has 6 heteroatoms. The van der Waals surface area contributed by atoms with Crippen LogP contribution in [0.15, 0.2) is 85.5 Å². The van der Waals surface area contributed by atoms with E-state index in [1.165, 1.54) is 5.56 Å².